The van der Waals surface area contributed by atoms with E-state index in [4.69, 9.17) is 32.7 Å². The van der Waals surface area contributed by atoms with Crippen LogP contribution in [-0.2, 0) is 6.54 Å². The van der Waals surface area contributed by atoms with Crippen molar-refractivity contribution in [3.63, 3.8) is 0 Å². The van der Waals surface area contributed by atoms with Crippen molar-refractivity contribution in [2.75, 3.05) is 12.1 Å². The van der Waals surface area contributed by atoms with Crippen molar-refractivity contribution < 1.29 is 14.3 Å². The summed E-state index contributed by atoms with van der Waals surface area (Å²) in [5, 5.41) is 7.08. The Bertz CT molecular complexity index is 1040. The smallest absolute Gasteiger partial charge is 0.251 e. The predicted molar refractivity (Wildman–Crippen MR) is 110 cm³/mol. The number of hydrogen-bond acceptors (Lipinski definition) is 4. The average Bonchev–Trinajstić information content (AvgIpc) is 3.17. The van der Waals surface area contributed by atoms with Gasteiger partial charge in [0.1, 0.15) is 0 Å². The lowest BCUT2D eigenvalue weighted by molar-refractivity contribution is 0.0951. The van der Waals surface area contributed by atoms with Crippen LogP contribution in [-0.4, -0.2) is 12.7 Å². The zero-order valence-electron chi connectivity index (χ0n) is 14.7. The molecule has 0 fully saturated rings. The maximum Gasteiger partial charge on any atom is 0.251 e. The Morgan fingerprint density at radius 2 is 1.71 bits per heavy atom. The van der Waals surface area contributed by atoms with Gasteiger partial charge in [-0.05, 0) is 54.1 Å². The Labute approximate surface area is 172 Å². The highest BCUT2D eigenvalue weighted by atomic mass is 35.5. The number of halogens is 2. The molecular weight excluding hydrogens is 399 g/mol. The minimum atomic E-state index is -0.171. The van der Waals surface area contributed by atoms with Gasteiger partial charge < -0.3 is 20.1 Å². The molecule has 7 heteroatoms. The van der Waals surface area contributed by atoms with E-state index < -0.39 is 0 Å². The molecule has 0 atom stereocenters. The molecule has 28 heavy (non-hydrogen) atoms. The Morgan fingerprint density at radius 3 is 2.57 bits per heavy atom. The summed E-state index contributed by atoms with van der Waals surface area (Å²) in [6.07, 6.45) is 0. The van der Waals surface area contributed by atoms with Crippen LogP contribution in [0.25, 0.3) is 0 Å². The molecule has 1 amide bonds. The van der Waals surface area contributed by atoms with Gasteiger partial charge in [0, 0.05) is 23.5 Å². The summed E-state index contributed by atoms with van der Waals surface area (Å²) in [6.45, 7) is 0.615. The van der Waals surface area contributed by atoms with Gasteiger partial charge in [0.15, 0.2) is 11.5 Å². The van der Waals surface area contributed by atoms with Gasteiger partial charge in [0.05, 0.1) is 10.0 Å². The van der Waals surface area contributed by atoms with Crippen LogP contribution in [0, 0.1) is 0 Å². The van der Waals surface area contributed by atoms with Gasteiger partial charge in [-0.15, -0.1) is 0 Å². The normalized spacial score (nSPS) is 11.9. The van der Waals surface area contributed by atoms with E-state index in [0.717, 1.165) is 22.7 Å². The molecule has 0 saturated heterocycles. The molecule has 0 unspecified atom stereocenters. The Kier molecular flexibility index (Phi) is 5.28. The second-order valence-electron chi connectivity index (χ2n) is 6.20. The topological polar surface area (TPSA) is 59.6 Å². The predicted octanol–water partition coefficient (Wildman–Crippen LogP) is 5.40. The lowest BCUT2D eigenvalue weighted by Gasteiger charge is -2.10. The second kappa shape index (κ2) is 8.00. The zero-order chi connectivity index (χ0) is 19.5. The molecule has 0 saturated carbocycles. The van der Waals surface area contributed by atoms with E-state index in [-0.39, 0.29) is 12.7 Å². The fourth-order valence-corrected chi connectivity index (χ4v) is 3.11. The number of carbonyl (C=O) groups excluding carboxylic acids is 1. The van der Waals surface area contributed by atoms with Gasteiger partial charge in [0.2, 0.25) is 6.79 Å². The zero-order valence-corrected chi connectivity index (χ0v) is 16.2. The second-order valence-corrected chi connectivity index (χ2v) is 7.02. The van der Waals surface area contributed by atoms with Gasteiger partial charge in [-0.3, -0.25) is 4.79 Å². The van der Waals surface area contributed by atoms with Crippen molar-refractivity contribution in [1.82, 2.24) is 5.32 Å². The van der Waals surface area contributed by atoms with Crippen molar-refractivity contribution in [3.05, 3.63) is 81.8 Å². The highest BCUT2D eigenvalue weighted by Gasteiger charge is 2.14. The summed E-state index contributed by atoms with van der Waals surface area (Å²) in [5.41, 5.74) is 3.04. The molecule has 0 radical (unpaired) electrons. The molecule has 142 valence electrons. The fraction of sp³-hybridized carbons (Fsp3) is 0.0952. The Morgan fingerprint density at radius 1 is 0.893 bits per heavy atom. The van der Waals surface area contributed by atoms with E-state index in [1.807, 2.05) is 36.4 Å². The van der Waals surface area contributed by atoms with Gasteiger partial charge >= 0.3 is 0 Å². The first-order valence-corrected chi connectivity index (χ1v) is 9.33. The van der Waals surface area contributed by atoms with Crippen LogP contribution in [0.3, 0.4) is 0 Å². The van der Waals surface area contributed by atoms with Gasteiger partial charge in [-0.2, -0.15) is 0 Å². The van der Waals surface area contributed by atoms with Gasteiger partial charge in [0.25, 0.3) is 5.91 Å². The van der Waals surface area contributed by atoms with E-state index in [1.54, 1.807) is 24.3 Å². The molecule has 2 N–H and O–H groups in total. The Balaban J connectivity index is 1.41. The van der Waals surface area contributed by atoms with E-state index in [0.29, 0.717) is 27.9 Å². The van der Waals surface area contributed by atoms with Crippen LogP contribution in [0.15, 0.2) is 60.7 Å². The molecule has 0 bridgehead atoms. The summed E-state index contributed by atoms with van der Waals surface area (Å²) in [4.78, 5) is 12.5. The molecule has 1 heterocycles. The quantitative estimate of drug-likeness (QED) is 0.586. The molecule has 0 aromatic heterocycles. The molecule has 1 aliphatic heterocycles. The minimum absolute atomic E-state index is 0.171. The molecule has 3 aromatic carbocycles. The number of hydrogen-bond donors (Lipinski definition) is 2. The molecular formula is C21H16Cl2N2O3. The number of carbonyl (C=O) groups is 1. The average molecular weight is 415 g/mol. The number of nitrogens with one attached hydrogen (secondary N) is 2. The third kappa shape index (κ3) is 4.16. The summed E-state index contributed by atoms with van der Waals surface area (Å²) in [7, 11) is 0. The van der Waals surface area contributed by atoms with Crippen molar-refractivity contribution in [3.8, 4) is 11.5 Å². The maximum absolute atomic E-state index is 12.5. The third-order valence-corrected chi connectivity index (χ3v) is 4.96. The Hall–Kier alpha value is -2.89. The third-order valence-electron chi connectivity index (χ3n) is 4.22. The van der Waals surface area contributed by atoms with E-state index in [9.17, 15) is 4.79 Å². The lowest BCUT2D eigenvalue weighted by atomic mass is 10.1. The summed E-state index contributed by atoms with van der Waals surface area (Å²) < 4.78 is 10.6. The van der Waals surface area contributed by atoms with Crippen LogP contribution in [0.2, 0.25) is 10.0 Å². The van der Waals surface area contributed by atoms with Crippen LogP contribution < -0.4 is 20.1 Å². The molecule has 0 aliphatic carbocycles. The highest BCUT2D eigenvalue weighted by Crippen LogP contribution is 2.32. The molecule has 5 nitrogen and oxygen atoms in total. The van der Waals surface area contributed by atoms with Crippen LogP contribution >= 0.6 is 23.2 Å². The molecule has 0 spiro atoms. The van der Waals surface area contributed by atoms with E-state index in [2.05, 4.69) is 10.6 Å². The minimum Gasteiger partial charge on any atom is -0.454 e. The summed E-state index contributed by atoms with van der Waals surface area (Å²) in [6, 6.07) is 18.1. The largest absolute Gasteiger partial charge is 0.454 e. The molecule has 3 aromatic rings. The van der Waals surface area contributed by atoms with E-state index >= 15 is 0 Å². The molecule has 1 aliphatic rings. The monoisotopic (exact) mass is 414 g/mol. The van der Waals surface area contributed by atoms with Gasteiger partial charge in [-0.25, -0.2) is 0 Å². The number of anilines is 2. The van der Waals surface area contributed by atoms with Crippen molar-refractivity contribution >= 4 is 40.5 Å². The summed E-state index contributed by atoms with van der Waals surface area (Å²) in [5.74, 6) is 1.24. The number of fused-ring (bicyclic) bond motifs is 1. The van der Waals surface area contributed by atoms with E-state index in [1.165, 1.54) is 0 Å². The number of ether oxygens (including phenoxy) is 2. The number of rotatable bonds is 5. The standard InChI is InChI=1S/C21H16Cl2N2O3/c22-17-6-5-16(10-18(17)23)25-15-3-1-2-14(9-15)21(26)24-11-13-4-7-19-20(8-13)28-12-27-19/h1-10,25H,11-12H2,(H,24,26). The number of amides is 1. The van der Waals surface area contributed by atoms with Gasteiger partial charge in [-0.1, -0.05) is 35.3 Å². The first-order valence-electron chi connectivity index (χ1n) is 8.57. The fourth-order valence-electron chi connectivity index (χ4n) is 2.81. The first kappa shape index (κ1) is 18.5. The lowest BCUT2D eigenvalue weighted by Crippen LogP contribution is -2.22. The van der Waals surface area contributed by atoms with Crippen molar-refractivity contribution in [2.45, 2.75) is 6.54 Å². The van der Waals surface area contributed by atoms with Crippen molar-refractivity contribution in [2.24, 2.45) is 0 Å². The van der Waals surface area contributed by atoms with Crippen LogP contribution in [0.1, 0.15) is 15.9 Å². The van der Waals surface area contributed by atoms with Crippen molar-refractivity contribution in [1.29, 1.82) is 0 Å². The van der Waals surface area contributed by atoms with Crippen LogP contribution in [0.4, 0.5) is 11.4 Å². The first-order chi connectivity index (χ1) is 13.6. The number of benzene rings is 3. The highest BCUT2D eigenvalue weighted by molar-refractivity contribution is 6.42. The molecule has 4 rings (SSSR count). The maximum atomic E-state index is 12.5. The van der Waals surface area contributed by atoms with Crippen LogP contribution in [0.5, 0.6) is 11.5 Å². The SMILES string of the molecule is O=C(NCc1ccc2c(c1)OCO2)c1cccc(Nc2ccc(Cl)c(Cl)c2)c1. The summed E-state index contributed by atoms with van der Waals surface area (Å²) >= 11 is 12.0.